The molecule has 86 valence electrons. The summed E-state index contributed by atoms with van der Waals surface area (Å²) in [4.78, 5) is 22.3. The SMILES string of the molecule is O=C1CNC(C(=O)NCCCCO)CN1. The summed E-state index contributed by atoms with van der Waals surface area (Å²) in [6.07, 6.45) is 1.45. The lowest BCUT2D eigenvalue weighted by Gasteiger charge is -2.23. The second-order valence-corrected chi connectivity index (χ2v) is 3.46. The maximum absolute atomic E-state index is 11.5. The van der Waals surface area contributed by atoms with Crippen LogP contribution in [0.1, 0.15) is 12.8 Å². The average molecular weight is 215 g/mol. The second-order valence-electron chi connectivity index (χ2n) is 3.46. The number of carbonyl (C=O) groups excluding carboxylic acids is 2. The van der Waals surface area contributed by atoms with Gasteiger partial charge in [-0.25, -0.2) is 0 Å². The molecular weight excluding hydrogens is 198 g/mol. The molecule has 6 heteroatoms. The normalized spacial score (nSPS) is 20.9. The van der Waals surface area contributed by atoms with E-state index in [1.807, 2.05) is 0 Å². The van der Waals surface area contributed by atoms with Crippen molar-refractivity contribution in [2.45, 2.75) is 18.9 Å². The number of aliphatic hydroxyl groups is 1. The molecule has 1 aliphatic rings. The van der Waals surface area contributed by atoms with Crippen molar-refractivity contribution >= 4 is 11.8 Å². The minimum atomic E-state index is -0.336. The summed E-state index contributed by atoms with van der Waals surface area (Å²) in [7, 11) is 0. The molecule has 4 N–H and O–H groups in total. The molecule has 1 saturated heterocycles. The van der Waals surface area contributed by atoms with Crippen LogP contribution in [0.5, 0.6) is 0 Å². The van der Waals surface area contributed by atoms with Crippen molar-refractivity contribution in [3.63, 3.8) is 0 Å². The van der Waals surface area contributed by atoms with E-state index >= 15 is 0 Å². The van der Waals surface area contributed by atoms with Crippen molar-refractivity contribution < 1.29 is 14.7 Å². The van der Waals surface area contributed by atoms with E-state index in [9.17, 15) is 9.59 Å². The smallest absolute Gasteiger partial charge is 0.238 e. The molecule has 1 fully saturated rings. The highest BCUT2D eigenvalue weighted by Gasteiger charge is 2.22. The van der Waals surface area contributed by atoms with Gasteiger partial charge in [0.2, 0.25) is 11.8 Å². The minimum absolute atomic E-state index is 0.0840. The predicted molar refractivity (Wildman–Crippen MR) is 54.1 cm³/mol. The van der Waals surface area contributed by atoms with E-state index in [4.69, 9.17) is 5.11 Å². The fourth-order valence-corrected chi connectivity index (χ4v) is 1.32. The summed E-state index contributed by atoms with van der Waals surface area (Å²) in [5, 5.41) is 16.7. The molecule has 0 spiro atoms. The molecule has 15 heavy (non-hydrogen) atoms. The van der Waals surface area contributed by atoms with Gasteiger partial charge in [0.25, 0.3) is 0 Å². The number of carbonyl (C=O) groups is 2. The van der Waals surface area contributed by atoms with Gasteiger partial charge in [-0.2, -0.15) is 0 Å². The molecule has 0 bridgehead atoms. The standard InChI is InChI=1S/C9H17N3O3/c13-4-2-1-3-10-9(15)7-5-12-8(14)6-11-7/h7,11,13H,1-6H2,(H,10,15)(H,12,14). The number of hydrogen-bond donors (Lipinski definition) is 4. The fraction of sp³-hybridized carbons (Fsp3) is 0.778. The van der Waals surface area contributed by atoms with Crippen LogP contribution < -0.4 is 16.0 Å². The van der Waals surface area contributed by atoms with Gasteiger partial charge < -0.3 is 15.7 Å². The van der Waals surface area contributed by atoms with Gasteiger partial charge >= 0.3 is 0 Å². The Balaban J connectivity index is 2.14. The van der Waals surface area contributed by atoms with E-state index in [1.165, 1.54) is 0 Å². The average Bonchev–Trinajstić information content (AvgIpc) is 2.25. The molecule has 6 nitrogen and oxygen atoms in total. The maximum atomic E-state index is 11.5. The topological polar surface area (TPSA) is 90.5 Å². The van der Waals surface area contributed by atoms with E-state index in [2.05, 4.69) is 16.0 Å². The Bertz CT molecular complexity index is 223. The van der Waals surface area contributed by atoms with E-state index in [0.29, 0.717) is 19.5 Å². The summed E-state index contributed by atoms with van der Waals surface area (Å²) in [6, 6.07) is -0.336. The number of amides is 2. The molecule has 0 aromatic rings. The Morgan fingerprint density at radius 2 is 2.33 bits per heavy atom. The van der Waals surface area contributed by atoms with E-state index in [-0.39, 0.29) is 31.0 Å². The maximum Gasteiger partial charge on any atom is 0.238 e. The zero-order valence-electron chi connectivity index (χ0n) is 8.58. The van der Waals surface area contributed by atoms with Crippen LogP contribution in [0, 0.1) is 0 Å². The Labute approximate surface area is 88.4 Å². The van der Waals surface area contributed by atoms with Crippen LogP contribution in [0.4, 0.5) is 0 Å². The van der Waals surface area contributed by atoms with Crippen molar-refractivity contribution in [2.24, 2.45) is 0 Å². The molecule has 0 aromatic heterocycles. The molecule has 1 atom stereocenters. The first-order valence-electron chi connectivity index (χ1n) is 5.12. The second kappa shape index (κ2) is 6.36. The lowest BCUT2D eigenvalue weighted by molar-refractivity contribution is -0.126. The molecular formula is C9H17N3O3. The van der Waals surface area contributed by atoms with Crippen molar-refractivity contribution in [2.75, 3.05) is 26.2 Å². The zero-order valence-corrected chi connectivity index (χ0v) is 8.58. The zero-order chi connectivity index (χ0) is 11.1. The van der Waals surface area contributed by atoms with Crippen LogP contribution in [-0.2, 0) is 9.59 Å². The van der Waals surface area contributed by atoms with Gasteiger partial charge in [-0.1, -0.05) is 0 Å². The van der Waals surface area contributed by atoms with Crippen LogP contribution in [0.15, 0.2) is 0 Å². The third kappa shape index (κ3) is 4.26. The largest absolute Gasteiger partial charge is 0.396 e. The molecule has 1 aliphatic heterocycles. The summed E-state index contributed by atoms with van der Waals surface area (Å²) < 4.78 is 0. The fourth-order valence-electron chi connectivity index (χ4n) is 1.32. The van der Waals surface area contributed by atoms with Crippen molar-refractivity contribution in [3.8, 4) is 0 Å². The van der Waals surface area contributed by atoms with Gasteiger partial charge in [0.15, 0.2) is 0 Å². The Morgan fingerprint density at radius 1 is 1.53 bits per heavy atom. The van der Waals surface area contributed by atoms with Crippen LogP contribution in [0.25, 0.3) is 0 Å². The highest BCUT2D eigenvalue weighted by molar-refractivity contribution is 5.86. The van der Waals surface area contributed by atoms with Crippen molar-refractivity contribution in [1.82, 2.24) is 16.0 Å². The number of nitrogens with one attached hydrogen (secondary N) is 3. The van der Waals surface area contributed by atoms with Gasteiger partial charge in [-0.05, 0) is 12.8 Å². The van der Waals surface area contributed by atoms with E-state index in [0.717, 1.165) is 6.42 Å². The molecule has 0 saturated carbocycles. The number of hydrogen-bond acceptors (Lipinski definition) is 4. The first-order chi connectivity index (χ1) is 7.24. The molecule has 0 aromatic carbocycles. The minimum Gasteiger partial charge on any atom is -0.396 e. The molecule has 1 heterocycles. The molecule has 0 aliphatic carbocycles. The van der Waals surface area contributed by atoms with Crippen molar-refractivity contribution in [3.05, 3.63) is 0 Å². The highest BCUT2D eigenvalue weighted by Crippen LogP contribution is 1.90. The van der Waals surface area contributed by atoms with E-state index < -0.39 is 0 Å². The molecule has 1 rings (SSSR count). The Kier molecular flexibility index (Phi) is 5.06. The number of rotatable bonds is 5. The van der Waals surface area contributed by atoms with Crippen LogP contribution in [0.3, 0.4) is 0 Å². The summed E-state index contributed by atoms with van der Waals surface area (Å²) in [6.45, 7) is 1.23. The van der Waals surface area contributed by atoms with Gasteiger partial charge in [0, 0.05) is 19.7 Å². The van der Waals surface area contributed by atoms with Crippen LogP contribution in [-0.4, -0.2) is 49.2 Å². The first kappa shape index (κ1) is 11.9. The lowest BCUT2D eigenvalue weighted by atomic mass is 10.2. The van der Waals surface area contributed by atoms with Crippen LogP contribution >= 0.6 is 0 Å². The highest BCUT2D eigenvalue weighted by atomic mass is 16.3. The Morgan fingerprint density at radius 3 is 2.93 bits per heavy atom. The third-order valence-electron chi connectivity index (χ3n) is 2.21. The number of aliphatic hydroxyl groups excluding tert-OH is 1. The van der Waals surface area contributed by atoms with Gasteiger partial charge in [0.1, 0.15) is 6.04 Å². The monoisotopic (exact) mass is 215 g/mol. The first-order valence-corrected chi connectivity index (χ1v) is 5.12. The molecule has 0 radical (unpaired) electrons. The summed E-state index contributed by atoms with van der Waals surface area (Å²) in [5.41, 5.74) is 0. The third-order valence-corrected chi connectivity index (χ3v) is 2.21. The van der Waals surface area contributed by atoms with Gasteiger partial charge in [-0.3, -0.25) is 14.9 Å². The molecule has 2 amide bonds. The van der Waals surface area contributed by atoms with Gasteiger partial charge in [0.05, 0.1) is 6.54 Å². The van der Waals surface area contributed by atoms with Gasteiger partial charge in [-0.15, -0.1) is 0 Å². The quantitative estimate of drug-likeness (QED) is 0.398. The van der Waals surface area contributed by atoms with E-state index in [1.54, 1.807) is 0 Å². The lowest BCUT2D eigenvalue weighted by Crippen LogP contribution is -2.58. The van der Waals surface area contributed by atoms with Crippen molar-refractivity contribution in [1.29, 1.82) is 0 Å². The van der Waals surface area contributed by atoms with Crippen LogP contribution in [0.2, 0.25) is 0 Å². The summed E-state index contributed by atoms with van der Waals surface area (Å²) >= 11 is 0. The Hall–Kier alpha value is -1.14. The number of unbranched alkanes of at least 4 members (excludes halogenated alkanes) is 1. The molecule has 1 unspecified atom stereocenters. The predicted octanol–water partition coefficient (Wildman–Crippen LogP) is -2.04. The number of piperazine rings is 1. The summed E-state index contributed by atoms with van der Waals surface area (Å²) in [5.74, 6) is -0.188.